The first-order valence-electron chi connectivity index (χ1n) is 10.8. The summed E-state index contributed by atoms with van der Waals surface area (Å²) in [7, 11) is 0. The number of anilines is 1. The van der Waals surface area contributed by atoms with Gasteiger partial charge in [-0.3, -0.25) is 4.79 Å². The largest absolute Gasteiger partial charge is 0.492 e. The average molecular weight is 493 g/mol. The predicted molar refractivity (Wildman–Crippen MR) is 132 cm³/mol. The smallest absolute Gasteiger partial charge is 0.307 e. The summed E-state index contributed by atoms with van der Waals surface area (Å²) in [5.74, 6) is -0.312. The molecule has 1 aromatic heterocycles. The van der Waals surface area contributed by atoms with E-state index in [2.05, 4.69) is 11.8 Å². The van der Waals surface area contributed by atoms with Crippen molar-refractivity contribution in [2.75, 3.05) is 24.6 Å². The molecular formula is C24H26Cl2N2O3S. The summed E-state index contributed by atoms with van der Waals surface area (Å²) >= 11 is 14.1. The van der Waals surface area contributed by atoms with Crippen LogP contribution in [0.1, 0.15) is 38.2 Å². The maximum atomic E-state index is 11.0. The molecule has 0 atom stereocenters. The number of ether oxygens (including phenoxy) is 1. The number of thiazole rings is 1. The molecule has 2 aromatic carbocycles. The molecule has 0 amide bonds. The number of hydrogen-bond donors (Lipinski definition) is 1. The normalized spacial score (nSPS) is 15.8. The predicted octanol–water partition coefficient (Wildman–Crippen LogP) is 6.70. The lowest BCUT2D eigenvalue weighted by Crippen LogP contribution is -2.40. The molecule has 1 N–H and O–H groups in total. The number of aliphatic carboxylic acids is 1. The number of nitrogens with zero attached hydrogens (tertiary/aromatic N) is 2. The van der Waals surface area contributed by atoms with E-state index in [0.29, 0.717) is 22.9 Å². The van der Waals surface area contributed by atoms with Gasteiger partial charge in [0, 0.05) is 18.1 Å². The second-order valence-electron chi connectivity index (χ2n) is 8.38. The van der Waals surface area contributed by atoms with E-state index in [1.165, 1.54) is 0 Å². The Kier molecular flexibility index (Phi) is 7.13. The summed E-state index contributed by atoms with van der Waals surface area (Å²) in [6.07, 6.45) is 4.14. The van der Waals surface area contributed by atoms with Crippen molar-refractivity contribution in [3.05, 3.63) is 52.0 Å². The molecule has 1 fully saturated rings. The van der Waals surface area contributed by atoms with Crippen molar-refractivity contribution in [3.8, 4) is 5.75 Å². The molecule has 1 aliphatic rings. The van der Waals surface area contributed by atoms with E-state index in [9.17, 15) is 4.79 Å². The molecule has 1 aliphatic heterocycles. The number of fused-ring (bicyclic) bond motifs is 1. The van der Waals surface area contributed by atoms with Crippen molar-refractivity contribution in [2.45, 2.75) is 39.0 Å². The zero-order chi connectivity index (χ0) is 22.7. The molecule has 1 saturated heterocycles. The Balaban J connectivity index is 1.35. The lowest BCUT2D eigenvalue weighted by atomic mass is 9.74. The summed E-state index contributed by atoms with van der Waals surface area (Å²) in [5, 5.41) is 11.3. The van der Waals surface area contributed by atoms with Crippen molar-refractivity contribution in [1.82, 2.24) is 4.98 Å². The highest BCUT2D eigenvalue weighted by molar-refractivity contribution is 7.22. The van der Waals surface area contributed by atoms with Gasteiger partial charge in [0.2, 0.25) is 0 Å². The lowest BCUT2D eigenvalue weighted by Gasteiger charge is -2.41. The van der Waals surface area contributed by atoms with Crippen LogP contribution in [-0.2, 0) is 11.2 Å². The summed E-state index contributed by atoms with van der Waals surface area (Å²) in [5.41, 5.74) is 1.91. The molecule has 32 heavy (non-hydrogen) atoms. The molecule has 0 saturated carbocycles. The minimum absolute atomic E-state index is 0.0414. The van der Waals surface area contributed by atoms with E-state index in [1.54, 1.807) is 29.5 Å². The van der Waals surface area contributed by atoms with Gasteiger partial charge >= 0.3 is 5.97 Å². The van der Waals surface area contributed by atoms with Crippen molar-refractivity contribution >= 4 is 55.9 Å². The fraction of sp³-hybridized carbons (Fsp3) is 0.417. The highest BCUT2D eigenvalue weighted by Crippen LogP contribution is 2.41. The lowest BCUT2D eigenvalue weighted by molar-refractivity contribution is -0.136. The van der Waals surface area contributed by atoms with Gasteiger partial charge in [-0.15, -0.1) is 0 Å². The van der Waals surface area contributed by atoms with Crippen LogP contribution in [0.5, 0.6) is 5.75 Å². The monoisotopic (exact) mass is 492 g/mol. The number of halogens is 2. The van der Waals surface area contributed by atoms with Crippen LogP contribution in [0.2, 0.25) is 10.0 Å². The Bertz CT molecular complexity index is 1110. The third-order valence-corrected chi connectivity index (χ3v) is 8.05. The molecule has 5 nitrogen and oxygen atoms in total. The Morgan fingerprint density at radius 1 is 1.22 bits per heavy atom. The molecular weight excluding hydrogens is 467 g/mol. The van der Waals surface area contributed by atoms with Crippen LogP contribution >= 0.6 is 34.5 Å². The summed E-state index contributed by atoms with van der Waals surface area (Å²) in [6.45, 7) is 4.74. The number of hydrogen-bond acceptors (Lipinski definition) is 5. The Hall–Kier alpha value is -2.02. The van der Waals surface area contributed by atoms with Crippen LogP contribution in [0.4, 0.5) is 5.13 Å². The van der Waals surface area contributed by atoms with E-state index in [1.807, 2.05) is 18.2 Å². The van der Waals surface area contributed by atoms with Gasteiger partial charge in [-0.05, 0) is 60.6 Å². The molecule has 0 bridgehead atoms. The zero-order valence-corrected chi connectivity index (χ0v) is 20.3. The molecule has 0 aliphatic carbocycles. The van der Waals surface area contributed by atoms with Gasteiger partial charge in [-0.2, -0.15) is 0 Å². The number of carboxylic acids is 1. The molecule has 4 rings (SSSR count). The van der Waals surface area contributed by atoms with Crippen molar-refractivity contribution in [3.63, 3.8) is 0 Å². The van der Waals surface area contributed by atoms with Crippen molar-refractivity contribution < 1.29 is 14.6 Å². The molecule has 0 spiro atoms. The third kappa shape index (κ3) is 5.30. The minimum atomic E-state index is -0.869. The number of carboxylic acid groups (broad SMARTS) is 1. The molecule has 170 valence electrons. The van der Waals surface area contributed by atoms with Crippen molar-refractivity contribution in [1.29, 1.82) is 0 Å². The first-order valence-corrected chi connectivity index (χ1v) is 12.4. The van der Waals surface area contributed by atoms with E-state index >= 15 is 0 Å². The molecule has 0 unspecified atom stereocenters. The number of aromatic nitrogens is 1. The molecule has 3 aromatic rings. The summed E-state index contributed by atoms with van der Waals surface area (Å²) < 4.78 is 7.11. The van der Waals surface area contributed by atoms with Crippen LogP contribution in [0, 0.1) is 5.41 Å². The minimum Gasteiger partial charge on any atom is -0.492 e. The van der Waals surface area contributed by atoms with Gasteiger partial charge in [0.05, 0.1) is 28.3 Å². The molecule has 0 radical (unpaired) electrons. The van der Waals surface area contributed by atoms with Gasteiger partial charge in [-0.1, -0.05) is 53.9 Å². The quantitative estimate of drug-likeness (QED) is 0.379. The highest BCUT2D eigenvalue weighted by atomic mass is 35.5. The number of carbonyl (C=O) groups is 1. The van der Waals surface area contributed by atoms with E-state index < -0.39 is 5.97 Å². The SMILES string of the molecule is CCC1(CCOc2cc(CC(=O)O)ccc2Cl)CCN(c2nc3ccc(Cl)cc3s2)CC1. The Morgan fingerprint density at radius 3 is 2.72 bits per heavy atom. The summed E-state index contributed by atoms with van der Waals surface area (Å²) in [4.78, 5) is 18.1. The maximum absolute atomic E-state index is 11.0. The van der Waals surface area contributed by atoms with Gasteiger partial charge in [0.1, 0.15) is 5.75 Å². The first-order chi connectivity index (χ1) is 15.4. The van der Waals surface area contributed by atoms with Crippen LogP contribution < -0.4 is 9.64 Å². The fourth-order valence-corrected chi connectivity index (χ4v) is 5.76. The van der Waals surface area contributed by atoms with Crippen LogP contribution in [0.15, 0.2) is 36.4 Å². The van der Waals surface area contributed by atoms with Crippen LogP contribution in [0.3, 0.4) is 0 Å². The standard InChI is InChI=1S/C24H26Cl2N2O3S/c1-2-24(9-12-31-20-13-16(14-22(29)30)3-5-18(20)26)7-10-28(11-8-24)23-27-19-6-4-17(25)15-21(19)32-23/h3-6,13,15H,2,7-12,14H2,1H3,(H,29,30). The second-order valence-corrected chi connectivity index (χ2v) is 10.2. The Labute approximate surface area is 201 Å². The van der Waals surface area contributed by atoms with Crippen LogP contribution in [0.25, 0.3) is 10.2 Å². The van der Waals surface area contributed by atoms with Gasteiger partial charge in [0.15, 0.2) is 5.13 Å². The topological polar surface area (TPSA) is 62.7 Å². The number of rotatable bonds is 8. The highest BCUT2D eigenvalue weighted by Gasteiger charge is 2.33. The van der Waals surface area contributed by atoms with Gasteiger partial charge < -0.3 is 14.7 Å². The first kappa shape index (κ1) is 23.1. The average Bonchev–Trinajstić information content (AvgIpc) is 3.19. The van der Waals surface area contributed by atoms with Gasteiger partial charge in [-0.25, -0.2) is 4.98 Å². The fourth-order valence-electron chi connectivity index (χ4n) is 4.29. The molecule has 2 heterocycles. The second kappa shape index (κ2) is 9.86. The maximum Gasteiger partial charge on any atom is 0.307 e. The summed E-state index contributed by atoms with van der Waals surface area (Å²) in [6, 6.07) is 11.0. The molecule has 8 heteroatoms. The third-order valence-electron chi connectivity index (χ3n) is 6.42. The Morgan fingerprint density at radius 2 is 2.00 bits per heavy atom. The number of benzene rings is 2. The van der Waals surface area contributed by atoms with Crippen LogP contribution in [-0.4, -0.2) is 35.8 Å². The van der Waals surface area contributed by atoms with Gasteiger partial charge in [0.25, 0.3) is 0 Å². The van der Waals surface area contributed by atoms with Crippen molar-refractivity contribution in [2.24, 2.45) is 5.41 Å². The zero-order valence-electron chi connectivity index (χ0n) is 17.9. The van der Waals surface area contributed by atoms with E-state index in [-0.39, 0.29) is 11.8 Å². The van der Waals surface area contributed by atoms with E-state index in [4.69, 9.17) is 38.0 Å². The number of piperidine rings is 1. The van der Waals surface area contributed by atoms with E-state index in [0.717, 1.165) is 59.1 Å².